The number of amides is 1. The first-order chi connectivity index (χ1) is 5.45. The van der Waals surface area contributed by atoms with E-state index >= 15 is 0 Å². The van der Waals surface area contributed by atoms with Gasteiger partial charge in [-0.1, -0.05) is 16.8 Å². The Kier molecular flexibility index (Phi) is 8.65. The van der Waals surface area contributed by atoms with Crippen LogP contribution in [0.5, 0.6) is 0 Å². The van der Waals surface area contributed by atoms with Crippen molar-refractivity contribution >= 4 is 28.6 Å². The number of hydrogen-bond acceptors (Lipinski definition) is 4. The SMILES string of the molecule is CC(=O)C(Cl)=NO.CNC(=O)O. The molecule has 0 bridgehead atoms. The van der Waals surface area contributed by atoms with Crippen LogP contribution in [0.4, 0.5) is 4.79 Å². The van der Waals surface area contributed by atoms with E-state index in [9.17, 15) is 9.59 Å². The second kappa shape index (κ2) is 7.80. The quantitative estimate of drug-likeness (QED) is 0.323. The van der Waals surface area contributed by atoms with E-state index < -0.39 is 11.9 Å². The maximum absolute atomic E-state index is 9.95. The molecule has 0 aliphatic rings. The van der Waals surface area contributed by atoms with E-state index in [1.807, 2.05) is 5.32 Å². The van der Waals surface area contributed by atoms with Crippen LogP contribution in [0, 0.1) is 0 Å². The molecule has 0 radical (unpaired) electrons. The molecule has 0 aromatic carbocycles. The molecule has 0 aromatic rings. The Morgan fingerprint density at radius 3 is 1.83 bits per heavy atom. The fourth-order valence-corrected chi connectivity index (χ4v) is 0.0704. The second-order valence-corrected chi connectivity index (χ2v) is 1.86. The van der Waals surface area contributed by atoms with E-state index in [-0.39, 0.29) is 5.17 Å². The number of carboxylic acid groups (broad SMARTS) is 1. The van der Waals surface area contributed by atoms with Gasteiger partial charge in [-0.25, -0.2) is 4.79 Å². The van der Waals surface area contributed by atoms with Crippen LogP contribution >= 0.6 is 11.6 Å². The van der Waals surface area contributed by atoms with Crippen molar-refractivity contribution in [3.8, 4) is 0 Å². The fourth-order valence-electron chi connectivity index (χ4n) is 0.0704. The van der Waals surface area contributed by atoms with Crippen LogP contribution in [-0.2, 0) is 4.79 Å². The van der Waals surface area contributed by atoms with Gasteiger partial charge in [-0.3, -0.25) is 4.79 Å². The molecule has 0 saturated carbocycles. The zero-order valence-corrected chi connectivity index (χ0v) is 7.29. The Hall–Kier alpha value is -1.30. The third-order valence-electron chi connectivity index (χ3n) is 0.592. The number of carbonyl (C=O) groups excluding carboxylic acids is 1. The smallest absolute Gasteiger partial charge is 0.404 e. The summed E-state index contributed by atoms with van der Waals surface area (Å²) < 4.78 is 0. The number of ketones is 1. The highest BCUT2D eigenvalue weighted by Gasteiger charge is 1.97. The van der Waals surface area contributed by atoms with E-state index in [2.05, 4.69) is 5.16 Å². The highest BCUT2D eigenvalue weighted by Crippen LogP contribution is 1.83. The number of carbonyl (C=O) groups is 2. The second-order valence-electron chi connectivity index (χ2n) is 1.50. The average molecular weight is 197 g/mol. The standard InChI is InChI=1S/C3H4ClNO2.C2H5NO2/c1-2(6)3(4)5-7;1-3-2(4)5/h7H,1H3;3H,1H3,(H,4,5). The van der Waals surface area contributed by atoms with Crippen LogP contribution < -0.4 is 5.32 Å². The van der Waals surface area contributed by atoms with Gasteiger partial charge in [0.25, 0.3) is 0 Å². The minimum atomic E-state index is -0.995. The van der Waals surface area contributed by atoms with Crippen LogP contribution in [-0.4, -0.2) is 34.4 Å². The van der Waals surface area contributed by atoms with Crippen molar-refractivity contribution in [2.24, 2.45) is 5.16 Å². The molecule has 7 heteroatoms. The van der Waals surface area contributed by atoms with Crippen LogP contribution in [0.2, 0.25) is 0 Å². The lowest BCUT2D eigenvalue weighted by atomic mass is 10.5. The molecule has 0 aliphatic carbocycles. The van der Waals surface area contributed by atoms with Gasteiger partial charge in [-0.05, 0) is 0 Å². The molecule has 0 saturated heterocycles. The minimum absolute atomic E-state index is 0.389. The largest absolute Gasteiger partial charge is 0.465 e. The Bertz CT molecular complexity index is 192. The van der Waals surface area contributed by atoms with Gasteiger partial charge in [0.15, 0.2) is 5.78 Å². The van der Waals surface area contributed by atoms with Gasteiger partial charge in [-0.15, -0.1) is 0 Å². The average Bonchev–Trinajstić information content (AvgIpc) is 2.04. The van der Waals surface area contributed by atoms with E-state index in [0.29, 0.717) is 0 Å². The molecule has 1 amide bonds. The van der Waals surface area contributed by atoms with Crippen molar-refractivity contribution in [3.05, 3.63) is 0 Å². The molecule has 3 N–H and O–H groups in total. The van der Waals surface area contributed by atoms with Crippen molar-refractivity contribution in [3.63, 3.8) is 0 Å². The van der Waals surface area contributed by atoms with Crippen molar-refractivity contribution in [2.45, 2.75) is 6.92 Å². The van der Waals surface area contributed by atoms with Gasteiger partial charge in [0.1, 0.15) is 0 Å². The lowest BCUT2D eigenvalue weighted by Gasteiger charge is -1.79. The van der Waals surface area contributed by atoms with Gasteiger partial charge in [0.05, 0.1) is 0 Å². The Morgan fingerprint density at radius 2 is 1.83 bits per heavy atom. The number of nitrogens with one attached hydrogen (secondary N) is 1. The molecule has 12 heavy (non-hydrogen) atoms. The lowest BCUT2D eigenvalue weighted by molar-refractivity contribution is -0.110. The molecule has 0 fully saturated rings. The molecule has 0 atom stereocenters. The topological polar surface area (TPSA) is 99.0 Å². The maximum Gasteiger partial charge on any atom is 0.404 e. The highest BCUT2D eigenvalue weighted by molar-refractivity contribution is 6.82. The van der Waals surface area contributed by atoms with Gasteiger partial charge in [0.2, 0.25) is 5.17 Å². The summed E-state index contributed by atoms with van der Waals surface area (Å²) in [5.74, 6) is -0.441. The Balaban J connectivity index is 0. The number of rotatable bonds is 1. The van der Waals surface area contributed by atoms with Gasteiger partial charge in [0, 0.05) is 14.0 Å². The maximum atomic E-state index is 9.95. The first kappa shape index (κ1) is 13.3. The van der Waals surface area contributed by atoms with Crippen LogP contribution in [0.3, 0.4) is 0 Å². The van der Waals surface area contributed by atoms with Crippen molar-refractivity contribution in [1.82, 2.24) is 5.32 Å². The van der Waals surface area contributed by atoms with E-state index in [1.54, 1.807) is 0 Å². The molecule has 70 valence electrons. The summed E-state index contributed by atoms with van der Waals surface area (Å²) in [6.45, 7) is 1.21. The van der Waals surface area contributed by atoms with Crippen LogP contribution in [0.1, 0.15) is 6.92 Å². The van der Waals surface area contributed by atoms with Crippen molar-refractivity contribution in [1.29, 1.82) is 0 Å². The normalized spacial score (nSPS) is 9.42. The fraction of sp³-hybridized carbons (Fsp3) is 0.400. The number of oxime groups is 1. The molecule has 0 heterocycles. The zero-order valence-electron chi connectivity index (χ0n) is 6.54. The molecule has 0 rings (SSSR count). The van der Waals surface area contributed by atoms with Gasteiger partial charge in [-0.2, -0.15) is 0 Å². The summed E-state index contributed by atoms with van der Waals surface area (Å²) in [7, 11) is 1.35. The summed E-state index contributed by atoms with van der Waals surface area (Å²) in [4.78, 5) is 19.2. The Labute approximate surface area is 73.8 Å². The minimum Gasteiger partial charge on any atom is -0.465 e. The summed E-state index contributed by atoms with van der Waals surface area (Å²) in [5, 5.41) is 19.3. The van der Waals surface area contributed by atoms with Crippen LogP contribution in [0.15, 0.2) is 5.16 Å². The van der Waals surface area contributed by atoms with Crippen molar-refractivity contribution < 1.29 is 19.9 Å². The first-order valence-electron chi connectivity index (χ1n) is 2.74. The summed E-state index contributed by atoms with van der Waals surface area (Å²) in [6, 6.07) is 0. The third kappa shape index (κ3) is 11.5. The zero-order chi connectivity index (χ0) is 10.1. The van der Waals surface area contributed by atoms with E-state index in [4.69, 9.17) is 21.9 Å². The molecule has 0 spiro atoms. The van der Waals surface area contributed by atoms with Crippen LogP contribution in [0.25, 0.3) is 0 Å². The number of hydrogen-bond donors (Lipinski definition) is 3. The predicted octanol–water partition coefficient (Wildman–Crippen LogP) is 0.486. The number of Topliss-reactive ketones (excluding diaryl/α,β-unsaturated/α-hetero) is 1. The summed E-state index contributed by atoms with van der Waals surface area (Å²) >= 11 is 4.95. The highest BCUT2D eigenvalue weighted by atomic mass is 35.5. The van der Waals surface area contributed by atoms with E-state index in [0.717, 1.165) is 0 Å². The molecular formula is C5H9ClN2O4. The Morgan fingerprint density at radius 1 is 1.50 bits per heavy atom. The molecule has 0 unspecified atom stereocenters. The monoisotopic (exact) mass is 196 g/mol. The molecule has 6 nitrogen and oxygen atoms in total. The number of nitrogens with zero attached hydrogens (tertiary/aromatic N) is 1. The third-order valence-corrected chi connectivity index (χ3v) is 0.934. The number of halogens is 1. The summed E-state index contributed by atoms with van der Waals surface area (Å²) in [5.41, 5.74) is 0. The van der Waals surface area contributed by atoms with Gasteiger partial charge < -0.3 is 15.6 Å². The van der Waals surface area contributed by atoms with E-state index in [1.165, 1.54) is 14.0 Å². The molecule has 0 aliphatic heterocycles. The molecular weight excluding hydrogens is 188 g/mol. The molecule has 0 aromatic heterocycles. The summed E-state index contributed by atoms with van der Waals surface area (Å²) in [6.07, 6.45) is -0.995. The lowest BCUT2D eigenvalue weighted by Crippen LogP contribution is -2.13. The van der Waals surface area contributed by atoms with Crippen molar-refractivity contribution in [2.75, 3.05) is 7.05 Å². The predicted molar refractivity (Wildman–Crippen MR) is 42.8 cm³/mol. The van der Waals surface area contributed by atoms with Gasteiger partial charge >= 0.3 is 6.09 Å². The first-order valence-corrected chi connectivity index (χ1v) is 3.12.